The molecule has 2 N–H and O–H groups in total. The Morgan fingerprint density at radius 2 is 1.60 bits per heavy atom. The van der Waals surface area contributed by atoms with Gasteiger partial charge < -0.3 is 10.6 Å². The average Bonchev–Trinajstić information content (AvgIpc) is 1.88. The van der Waals surface area contributed by atoms with Crippen molar-refractivity contribution >= 4 is 5.91 Å². The van der Waals surface area contributed by atoms with E-state index in [1.54, 1.807) is 14.0 Å². The summed E-state index contributed by atoms with van der Waals surface area (Å²) in [4.78, 5) is 10.3. The molecule has 0 aromatic rings. The molecule has 0 atom stereocenters. The van der Waals surface area contributed by atoms with E-state index in [0.29, 0.717) is 5.57 Å². The Morgan fingerprint density at radius 1 is 1.30 bits per heavy atom. The van der Waals surface area contributed by atoms with E-state index < -0.39 is 0 Å². The summed E-state index contributed by atoms with van der Waals surface area (Å²) in [5.74, 6) is -0.0972. The van der Waals surface area contributed by atoms with Crippen LogP contribution in [0.2, 0.25) is 0 Å². The molecule has 3 heteroatoms. The number of amides is 1. The van der Waals surface area contributed by atoms with Gasteiger partial charge in [-0.3, -0.25) is 4.79 Å². The highest BCUT2D eigenvalue weighted by molar-refractivity contribution is 5.91. The Morgan fingerprint density at radius 3 is 1.60 bits per heavy atom. The van der Waals surface area contributed by atoms with Crippen LogP contribution in [-0.2, 0) is 4.79 Å². The fourth-order valence-electron chi connectivity index (χ4n) is 0.213. The Balaban J connectivity index is 0. The van der Waals surface area contributed by atoms with Gasteiger partial charge in [-0.2, -0.15) is 0 Å². The summed E-state index contributed by atoms with van der Waals surface area (Å²) in [5.41, 5.74) is 0.544. The fraction of sp³-hybridized carbons (Fsp3) is 0.571. The Bertz CT molecular complexity index is 110. The first-order valence-corrected chi connectivity index (χ1v) is 3.06. The molecule has 0 fully saturated rings. The molecule has 60 valence electrons. The number of likely N-dealkylation sites (N-methyl/N-ethyl adjacent to an activating group) is 1. The third kappa shape index (κ3) is 10.2. The van der Waals surface area contributed by atoms with Gasteiger partial charge in [-0.25, -0.2) is 0 Å². The normalized spacial score (nSPS) is 7.20. The maximum Gasteiger partial charge on any atom is 0.246 e. The van der Waals surface area contributed by atoms with Gasteiger partial charge in [0.1, 0.15) is 0 Å². The molecule has 0 aliphatic rings. The van der Waals surface area contributed by atoms with Crippen LogP contribution in [0.25, 0.3) is 0 Å². The number of carbonyl (C=O) groups excluding carboxylic acids is 1. The quantitative estimate of drug-likeness (QED) is 0.514. The van der Waals surface area contributed by atoms with Crippen LogP contribution in [-0.4, -0.2) is 27.1 Å². The topological polar surface area (TPSA) is 41.1 Å². The zero-order valence-corrected chi connectivity index (χ0v) is 7.12. The molecule has 0 spiro atoms. The molecule has 0 radical (unpaired) electrons. The van der Waals surface area contributed by atoms with Crippen molar-refractivity contribution in [2.45, 2.75) is 6.92 Å². The molecule has 0 saturated carbocycles. The van der Waals surface area contributed by atoms with E-state index in [4.69, 9.17) is 0 Å². The second-order valence-corrected chi connectivity index (χ2v) is 1.86. The van der Waals surface area contributed by atoms with Crippen molar-refractivity contribution in [2.24, 2.45) is 0 Å². The van der Waals surface area contributed by atoms with E-state index >= 15 is 0 Å². The van der Waals surface area contributed by atoms with E-state index in [1.807, 2.05) is 14.1 Å². The molecule has 10 heavy (non-hydrogen) atoms. The summed E-state index contributed by atoms with van der Waals surface area (Å²) in [6.07, 6.45) is 0. The summed E-state index contributed by atoms with van der Waals surface area (Å²) in [7, 11) is 5.33. The average molecular weight is 144 g/mol. The molecule has 0 rings (SSSR count). The number of carbonyl (C=O) groups is 1. The van der Waals surface area contributed by atoms with Crippen LogP contribution < -0.4 is 10.6 Å². The Labute approximate surface area is 62.5 Å². The summed E-state index contributed by atoms with van der Waals surface area (Å²) in [6.45, 7) is 5.08. The van der Waals surface area contributed by atoms with Crippen molar-refractivity contribution in [3.8, 4) is 0 Å². The first kappa shape index (κ1) is 11.9. The van der Waals surface area contributed by atoms with Gasteiger partial charge in [-0.1, -0.05) is 6.58 Å². The second-order valence-electron chi connectivity index (χ2n) is 1.86. The first-order valence-electron chi connectivity index (χ1n) is 3.06. The van der Waals surface area contributed by atoms with E-state index in [9.17, 15) is 4.79 Å². The van der Waals surface area contributed by atoms with Gasteiger partial charge in [0.25, 0.3) is 0 Å². The van der Waals surface area contributed by atoms with Crippen molar-refractivity contribution in [3.63, 3.8) is 0 Å². The fourth-order valence-corrected chi connectivity index (χ4v) is 0.213. The summed E-state index contributed by atoms with van der Waals surface area (Å²) >= 11 is 0. The van der Waals surface area contributed by atoms with Crippen LogP contribution in [0.15, 0.2) is 12.2 Å². The Hall–Kier alpha value is -0.830. The highest BCUT2D eigenvalue weighted by atomic mass is 16.1. The van der Waals surface area contributed by atoms with Crippen LogP contribution in [0, 0.1) is 0 Å². The molecule has 0 heterocycles. The van der Waals surface area contributed by atoms with Crippen LogP contribution in [0.5, 0.6) is 0 Å². The zero-order valence-electron chi connectivity index (χ0n) is 7.12. The molecule has 0 aromatic heterocycles. The molecule has 0 aliphatic heterocycles. The minimum atomic E-state index is -0.0972. The maximum atomic E-state index is 10.3. The number of hydrogen-bond acceptors (Lipinski definition) is 2. The minimum absolute atomic E-state index is 0.0972. The number of rotatable bonds is 1. The van der Waals surface area contributed by atoms with E-state index in [1.165, 1.54) is 0 Å². The van der Waals surface area contributed by atoms with Gasteiger partial charge in [0.2, 0.25) is 5.91 Å². The lowest BCUT2D eigenvalue weighted by Gasteiger charge is -1.91. The molecular weight excluding hydrogens is 128 g/mol. The number of hydrogen-bond donors (Lipinski definition) is 2. The van der Waals surface area contributed by atoms with E-state index in [0.717, 1.165) is 0 Å². The standard InChI is InChI=1S/C5H9NO.C2H7N/c1-4(2)5(7)6-3;1-3-2/h1H2,2-3H3,(H,6,7);3H,1-2H3. The van der Waals surface area contributed by atoms with Gasteiger partial charge in [0.15, 0.2) is 0 Å². The second kappa shape index (κ2) is 8.17. The van der Waals surface area contributed by atoms with Crippen molar-refractivity contribution < 1.29 is 4.79 Å². The Kier molecular flexibility index (Phi) is 9.73. The molecular formula is C7H16N2O. The van der Waals surface area contributed by atoms with Crippen molar-refractivity contribution in [1.29, 1.82) is 0 Å². The van der Waals surface area contributed by atoms with E-state index in [-0.39, 0.29) is 5.91 Å². The highest BCUT2D eigenvalue weighted by Crippen LogP contribution is 1.81. The SMILES string of the molecule is C=C(C)C(=O)NC.CNC. The smallest absolute Gasteiger partial charge is 0.246 e. The molecule has 0 aliphatic carbocycles. The summed E-state index contributed by atoms with van der Waals surface area (Å²) < 4.78 is 0. The maximum absolute atomic E-state index is 10.3. The predicted octanol–water partition coefficient (Wildman–Crippen LogP) is 0.144. The van der Waals surface area contributed by atoms with Crippen LogP contribution in [0.1, 0.15) is 6.92 Å². The first-order chi connectivity index (χ1) is 4.59. The molecule has 1 amide bonds. The van der Waals surface area contributed by atoms with Crippen LogP contribution in [0.3, 0.4) is 0 Å². The lowest BCUT2D eigenvalue weighted by molar-refractivity contribution is -0.116. The van der Waals surface area contributed by atoms with Gasteiger partial charge in [-0.05, 0) is 21.0 Å². The van der Waals surface area contributed by atoms with Crippen molar-refractivity contribution in [1.82, 2.24) is 10.6 Å². The van der Waals surface area contributed by atoms with Crippen LogP contribution in [0.4, 0.5) is 0 Å². The van der Waals surface area contributed by atoms with E-state index in [2.05, 4.69) is 17.2 Å². The molecule has 0 saturated heterocycles. The molecule has 0 aromatic carbocycles. The lowest BCUT2D eigenvalue weighted by atomic mass is 10.3. The molecule has 0 unspecified atom stereocenters. The number of nitrogens with one attached hydrogen (secondary N) is 2. The van der Waals surface area contributed by atoms with Gasteiger partial charge in [-0.15, -0.1) is 0 Å². The van der Waals surface area contributed by atoms with Gasteiger partial charge in [0, 0.05) is 12.6 Å². The summed E-state index contributed by atoms with van der Waals surface area (Å²) in [6, 6.07) is 0. The van der Waals surface area contributed by atoms with Crippen molar-refractivity contribution in [2.75, 3.05) is 21.1 Å². The molecule has 0 bridgehead atoms. The van der Waals surface area contributed by atoms with Gasteiger partial charge >= 0.3 is 0 Å². The zero-order chi connectivity index (χ0) is 8.57. The van der Waals surface area contributed by atoms with Gasteiger partial charge in [0.05, 0.1) is 0 Å². The summed E-state index contributed by atoms with van der Waals surface area (Å²) in [5, 5.41) is 5.18. The molecule has 3 nitrogen and oxygen atoms in total. The van der Waals surface area contributed by atoms with Crippen molar-refractivity contribution in [3.05, 3.63) is 12.2 Å². The third-order valence-corrected chi connectivity index (χ3v) is 0.615. The highest BCUT2D eigenvalue weighted by Gasteiger charge is 1.92. The third-order valence-electron chi connectivity index (χ3n) is 0.615. The lowest BCUT2D eigenvalue weighted by Crippen LogP contribution is -2.17. The minimum Gasteiger partial charge on any atom is -0.355 e. The predicted molar refractivity (Wildman–Crippen MR) is 43.9 cm³/mol. The largest absolute Gasteiger partial charge is 0.355 e. The van der Waals surface area contributed by atoms with Crippen LogP contribution >= 0.6 is 0 Å². The monoisotopic (exact) mass is 144 g/mol.